The number of carbonyl (C=O) groups is 3. The lowest BCUT2D eigenvalue weighted by atomic mass is 9.82. The van der Waals surface area contributed by atoms with E-state index in [4.69, 9.17) is 4.74 Å². The molecule has 4 rings (SSSR count). The zero-order valence-electron chi connectivity index (χ0n) is 20.8. The largest absolute Gasteiger partial charge is 0.480 e. The van der Waals surface area contributed by atoms with Crippen LogP contribution in [-0.4, -0.2) is 52.7 Å². The van der Waals surface area contributed by atoms with Gasteiger partial charge in [-0.3, -0.25) is 4.79 Å². The van der Waals surface area contributed by atoms with E-state index in [9.17, 15) is 19.5 Å². The van der Waals surface area contributed by atoms with Crippen LogP contribution in [0.5, 0.6) is 0 Å². The minimum atomic E-state index is -1.29. The number of nitrogens with zero attached hydrogens (tertiary/aromatic N) is 1. The summed E-state index contributed by atoms with van der Waals surface area (Å²) < 4.78 is 5.67. The van der Waals surface area contributed by atoms with E-state index < -0.39 is 35.0 Å². The molecule has 0 bridgehead atoms. The van der Waals surface area contributed by atoms with E-state index in [2.05, 4.69) is 17.4 Å². The van der Waals surface area contributed by atoms with Gasteiger partial charge in [-0.15, -0.1) is 0 Å². The molecule has 1 heterocycles. The molecule has 2 N–H and O–H groups in total. The van der Waals surface area contributed by atoms with E-state index in [1.165, 1.54) is 4.90 Å². The van der Waals surface area contributed by atoms with Crippen molar-refractivity contribution < 1.29 is 24.2 Å². The number of nitrogens with one attached hydrogen (secondary N) is 1. The summed E-state index contributed by atoms with van der Waals surface area (Å²) in [5, 5.41) is 12.6. The van der Waals surface area contributed by atoms with Crippen molar-refractivity contribution in [3.63, 3.8) is 0 Å². The number of carbonyl (C=O) groups excluding carboxylic acids is 2. The molecule has 2 aliphatic rings. The Morgan fingerprint density at radius 1 is 1.06 bits per heavy atom. The summed E-state index contributed by atoms with van der Waals surface area (Å²) in [5.41, 5.74) is 2.56. The number of amides is 2. The molecule has 2 aromatic carbocycles. The van der Waals surface area contributed by atoms with Crippen molar-refractivity contribution in [2.24, 2.45) is 5.41 Å². The van der Waals surface area contributed by atoms with Gasteiger partial charge in [-0.2, -0.15) is 0 Å². The molecular weight excluding hydrogens is 444 g/mol. The Balaban J connectivity index is 1.50. The van der Waals surface area contributed by atoms with Crippen molar-refractivity contribution in [2.75, 3.05) is 13.2 Å². The summed E-state index contributed by atoms with van der Waals surface area (Å²) >= 11 is 0. The molecule has 2 aromatic rings. The molecule has 0 saturated carbocycles. The Bertz CT molecular complexity index is 1090. The van der Waals surface area contributed by atoms with Crippen molar-refractivity contribution in [2.45, 2.75) is 64.5 Å². The summed E-state index contributed by atoms with van der Waals surface area (Å²) in [6.45, 7) is 7.62. The molecule has 35 heavy (non-hydrogen) atoms. The van der Waals surface area contributed by atoms with E-state index in [1.54, 1.807) is 6.92 Å². The van der Waals surface area contributed by atoms with Gasteiger partial charge in [-0.1, -0.05) is 69.3 Å². The molecule has 1 fully saturated rings. The van der Waals surface area contributed by atoms with Gasteiger partial charge in [0.25, 0.3) is 0 Å². The molecule has 0 radical (unpaired) electrons. The predicted octanol–water partition coefficient (Wildman–Crippen LogP) is 4.80. The normalized spacial score (nSPS) is 20.5. The predicted molar refractivity (Wildman–Crippen MR) is 133 cm³/mol. The lowest BCUT2D eigenvalue weighted by Crippen LogP contribution is -2.64. The van der Waals surface area contributed by atoms with Gasteiger partial charge in [0, 0.05) is 12.5 Å². The molecular formula is C28H34N2O5. The third-order valence-corrected chi connectivity index (χ3v) is 7.34. The average Bonchev–Trinajstić information content (AvgIpc) is 3.14. The van der Waals surface area contributed by atoms with E-state index in [0.717, 1.165) is 35.1 Å². The first kappa shape index (κ1) is 24.8. The SMILES string of the molecule is CC(C)(C)C(NC(=O)OCC1c2ccccc2-c2ccccc21)C(=O)N1CCCCC1(C)C(=O)O. The third-order valence-electron chi connectivity index (χ3n) is 7.34. The van der Waals surface area contributed by atoms with E-state index in [0.29, 0.717) is 13.0 Å². The van der Waals surface area contributed by atoms with Crippen LogP contribution in [0.25, 0.3) is 11.1 Å². The molecule has 0 aromatic heterocycles. The zero-order chi connectivity index (χ0) is 25.4. The molecule has 7 nitrogen and oxygen atoms in total. The summed E-state index contributed by atoms with van der Waals surface area (Å²) in [6.07, 6.45) is 1.17. The molecule has 2 amide bonds. The van der Waals surface area contributed by atoms with Crippen LogP contribution < -0.4 is 5.32 Å². The fourth-order valence-corrected chi connectivity index (χ4v) is 5.26. The highest BCUT2D eigenvalue weighted by Gasteiger charge is 2.48. The number of ether oxygens (including phenoxy) is 1. The number of fused-ring (bicyclic) bond motifs is 3. The highest BCUT2D eigenvalue weighted by atomic mass is 16.5. The Morgan fingerprint density at radius 2 is 1.63 bits per heavy atom. The van der Waals surface area contributed by atoms with Crippen LogP contribution in [0.4, 0.5) is 4.79 Å². The van der Waals surface area contributed by atoms with Crippen LogP contribution in [0.15, 0.2) is 48.5 Å². The van der Waals surface area contributed by atoms with Crippen molar-refractivity contribution in [1.29, 1.82) is 0 Å². The monoisotopic (exact) mass is 478 g/mol. The number of piperidine rings is 1. The third kappa shape index (κ3) is 4.64. The second-order valence-corrected chi connectivity index (χ2v) is 10.8. The Morgan fingerprint density at radius 3 is 2.17 bits per heavy atom. The van der Waals surface area contributed by atoms with Gasteiger partial charge in [0.05, 0.1) is 0 Å². The lowest BCUT2D eigenvalue weighted by Gasteiger charge is -2.45. The van der Waals surface area contributed by atoms with Gasteiger partial charge in [-0.25, -0.2) is 9.59 Å². The van der Waals surface area contributed by atoms with Gasteiger partial charge in [0.15, 0.2) is 0 Å². The van der Waals surface area contributed by atoms with Crippen LogP contribution in [0, 0.1) is 5.41 Å². The molecule has 1 saturated heterocycles. The summed E-state index contributed by atoms with van der Waals surface area (Å²) in [4.78, 5) is 40.0. The van der Waals surface area contributed by atoms with Crippen LogP contribution in [0.2, 0.25) is 0 Å². The number of alkyl carbamates (subject to hydrolysis) is 1. The second kappa shape index (κ2) is 9.36. The first-order valence-electron chi connectivity index (χ1n) is 12.2. The number of carboxylic acids is 1. The molecule has 186 valence electrons. The molecule has 1 aliphatic carbocycles. The second-order valence-electron chi connectivity index (χ2n) is 10.8. The number of hydrogen-bond donors (Lipinski definition) is 2. The number of hydrogen-bond acceptors (Lipinski definition) is 4. The van der Waals surface area contributed by atoms with Crippen LogP contribution >= 0.6 is 0 Å². The standard InChI is InChI=1S/C28H34N2O5/c1-27(2,3)23(24(31)30-16-10-9-15-28(30,4)25(32)33)29-26(34)35-17-22-20-13-7-5-11-18(20)19-12-6-8-14-21(19)22/h5-8,11-14,22-23H,9-10,15-17H2,1-4H3,(H,29,34)(H,32,33). The van der Waals surface area contributed by atoms with Crippen molar-refractivity contribution in [3.05, 3.63) is 59.7 Å². The van der Waals surface area contributed by atoms with Gasteiger partial charge < -0.3 is 20.1 Å². The van der Waals surface area contributed by atoms with E-state index >= 15 is 0 Å². The molecule has 7 heteroatoms. The van der Waals surface area contributed by atoms with Crippen LogP contribution in [0.3, 0.4) is 0 Å². The number of carboxylic acid groups (broad SMARTS) is 1. The average molecular weight is 479 g/mol. The lowest BCUT2D eigenvalue weighted by molar-refractivity contribution is -0.163. The Kier molecular flexibility index (Phi) is 6.62. The van der Waals surface area contributed by atoms with E-state index in [1.807, 2.05) is 57.2 Å². The summed E-state index contributed by atoms with van der Waals surface area (Å²) in [7, 11) is 0. The summed E-state index contributed by atoms with van der Waals surface area (Å²) in [6, 6.07) is 15.3. The van der Waals surface area contributed by atoms with Gasteiger partial charge in [0.2, 0.25) is 5.91 Å². The summed E-state index contributed by atoms with van der Waals surface area (Å²) in [5.74, 6) is -1.51. The van der Waals surface area contributed by atoms with Crippen LogP contribution in [0.1, 0.15) is 64.0 Å². The maximum Gasteiger partial charge on any atom is 0.407 e. The van der Waals surface area contributed by atoms with Crippen molar-refractivity contribution in [1.82, 2.24) is 10.2 Å². The Labute approximate surface area is 206 Å². The minimum Gasteiger partial charge on any atom is -0.480 e. The minimum absolute atomic E-state index is 0.0886. The van der Waals surface area contributed by atoms with Gasteiger partial charge in [0.1, 0.15) is 18.2 Å². The fraction of sp³-hybridized carbons (Fsp3) is 0.464. The number of benzene rings is 2. The maximum absolute atomic E-state index is 13.6. The Hall–Kier alpha value is -3.35. The molecule has 0 spiro atoms. The molecule has 1 aliphatic heterocycles. The maximum atomic E-state index is 13.6. The topological polar surface area (TPSA) is 95.9 Å². The highest BCUT2D eigenvalue weighted by Crippen LogP contribution is 2.44. The first-order valence-corrected chi connectivity index (χ1v) is 12.2. The first-order chi connectivity index (χ1) is 16.5. The quantitative estimate of drug-likeness (QED) is 0.644. The highest BCUT2D eigenvalue weighted by molar-refractivity contribution is 5.92. The van der Waals surface area contributed by atoms with E-state index in [-0.39, 0.29) is 12.5 Å². The molecule has 2 atom stereocenters. The number of rotatable bonds is 5. The number of aliphatic carboxylic acids is 1. The van der Waals surface area contributed by atoms with Gasteiger partial charge >= 0.3 is 12.1 Å². The van der Waals surface area contributed by atoms with Crippen LogP contribution in [-0.2, 0) is 14.3 Å². The van der Waals surface area contributed by atoms with Gasteiger partial charge in [-0.05, 0) is 53.9 Å². The number of likely N-dealkylation sites (tertiary alicyclic amines) is 1. The fourth-order valence-electron chi connectivity index (χ4n) is 5.26. The zero-order valence-corrected chi connectivity index (χ0v) is 20.8. The smallest absolute Gasteiger partial charge is 0.407 e. The van der Waals surface area contributed by atoms with Crippen molar-refractivity contribution >= 4 is 18.0 Å². The molecule has 2 unspecified atom stereocenters. The van der Waals surface area contributed by atoms with Crippen molar-refractivity contribution in [3.8, 4) is 11.1 Å².